The highest BCUT2D eigenvalue weighted by Gasteiger charge is 2.09. The Bertz CT molecular complexity index is 577. The summed E-state index contributed by atoms with van der Waals surface area (Å²) >= 11 is 4.11. The summed E-state index contributed by atoms with van der Waals surface area (Å²) in [4.78, 5) is 10.2. The van der Waals surface area contributed by atoms with Crippen molar-refractivity contribution in [3.63, 3.8) is 0 Å². The summed E-state index contributed by atoms with van der Waals surface area (Å²) in [6.07, 6.45) is 4.73. The number of nitro benzene ring substituents is 1. The van der Waals surface area contributed by atoms with Crippen LogP contribution >= 0.6 is 12.6 Å². The van der Waals surface area contributed by atoms with Crippen LogP contribution in [0.15, 0.2) is 24.3 Å². The number of thiol groups is 1. The number of nitrogens with one attached hydrogen (secondary N) is 1. The number of non-ortho nitro benzene ring substituents is 1. The van der Waals surface area contributed by atoms with Gasteiger partial charge in [0.15, 0.2) is 0 Å². The molecule has 0 unspecified atom stereocenters. The number of nitro groups is 1. The highest BCUT2D eigenvalue weighted by Crippen LogP contribution is 2.22. The first kappa shape index (κ1) is 11.7. The van der Waals surface area contributed by atoms with E-state index in [0.29, 0.717) is 5.52 Å². The highest BCUT2D eigenvalue weighted by atomic mass is 32.1. The van der Waals surface area contributed by atoms with Gasteiger partial charge in [-0.25, -0.2) is 0 Å². The summed E-state index contributed by atoms with van der Waals surface area (Å²) < 4.78 is 0. The van der Waals surface area contributed by atoms with Crippen LogP contribution in [0.1, 0.15) is 12.1 Å². The van der Waals surface area contributed by atoms with Crippen molar-refractivity contribution in [2.75, 3.05) is 5.75 Å². The Morgan fingerprint density at radius 2 is 2.35 bits per heavy atom. The Morgan fingerprint density at radius 3 is 3.06 bits per heavy atom. The third kappa shape index (κ3) is 2.47. The number of hydrogen-bond donors (Lipinski definition) is 2. The maximum atomic E-state index is 10.6. The molecular formula is C11H11N3O2S. The van der Waals surface area contributed by atoms with Crippen LogP contribution in [0.2, 0.25) is 0 Å². The largest absolute Gasteiger partial charge is 0.277 e. The van der Waals surface area contributed by atoms with Gasteiger partial charge in [-0.1, -0.05) is 6.08 Å². The molecule has 0 amide bonds. The quantitative estimate of drug-likeness (QED) is 0.497. The minimum atomic E-state index is -0.420. The number of rotatable bonds is 4. The van der Waals surface area contributed by atoms with E-state index >= 15 is 0 Å². The van der Waals surface area contributed by atoms with E-state index in [4.69, 9.17) is 0 Å². The van der Waals surface area contributed by atoms with Gasteiger partial charge in [-0.2, -0.15) is 17.7 Å². The predicted octanol–water partition coefficient (Wildman–Crippen LogP) is 2.80. The van der Waals surface area contributed by atoms with Gasteiger partial charge in [0.05, 0.1) is 16.1 Å². The number of aromatic amines is 1. The summed E-state index contributed by atoms with van der Waals surface area (Å²) in [5, 5.41) is 18.4. The maximum Gasteiger partial charge on any atom is 0.271 e. The van der Waals surface area contributed by atoms with Gasteiger partial charge in [-0.15, -0.1) is 0 Å². The van der Waals surface area contributed by atoms with Gasteiger partial charge in [0.25, 0.3) is 5.69 Å². The molecule has 6 heteroatoms. The van der Waals surface area contributed by atoms with Crippen LogP contribution in [0, 0.1) is 10.1 Å². The molecule has 0 saturated heterocycles. The molecule has 0 bridgehead atoms. The van der Waals surface area contributed by atoms with Gasteiger partial charge in [0.2, 0.25) is 0 Å². The van der Waals surface area contributed by atoms with Gasteiger partial charge in [0, 0.05) is 17.5 Å². The normalized spacial score (nSPS) is 11.4. The number of hydrogen-bond acceptors (Lipinski definition) is 4. The Hall–Kier alpha value is -1.82. The number of aromatic nitrogens is 2. The van der Waals surface area contributed by atoms with Crippen LogP contribution in [-0.2, 0) is 0 Å². The van der Waals surface area contributed by atoms with Crippen molar-refractivity contribution in [1.29, 1.82) is 0 Å². The van der Waals surface area contributed by atoms with Crippen LogP contribution in [0.25, 0.3) is 17.0 Å². The van der Waals surface area contributed by atoms with E-state index in [1.54, 1.807) is 6.07 Å². The van der Waals surface area contributed by atoms with Gasteiger partial charge in [-0.3, -0.25) is 15.2 Å². The molecule has 2 rings (SSSR count). The second-order valence-corrected chi connectivity index (χ2v) is 3.96. The van der Waals surface area contributed by atoms with Crippen LogP contribution in [0.5, 0.6) is 0 Å². The van der Waals surface area contributed by atoms with E-state index in [0.717, 1.165) is 23.3 Å². The van der Waals surface area contributed by atoms with E-state index in [2.05, 4.69) is 22.8 Å². The molecule has 1 N–H and O–H groups in total. The Balaban J connectivity index is 2.38. The fourth-order valence-electron chi connectivity index (χ4n) is 1.54. The molecule has 0 spiro atoms. The van der Waals surface area contributed by atoms with Gasteiger partial charge in [0.1, 0.15) is 0 Å². The lowest BCUT2D eigenvalue weighted by atomic mass is 10.2. The van der Waals surface area contributed by atoms with E-state index in [-0.39, 0.29) is 5.69 Å². The highest BCUT2D eigenvalue weighted by molar-refractivity contribution is 7.80. The number of benzene rings is 1. The van der Waals surface area contributed by atoms with Crippen molar-refractivity contribution in [3.8, 4) is 0 Å². The smallest absolute Gasteiger partial charge is 0.271 e. The van der Waals surface area contributed by atoms with E-state index in [1.807, 2.05) is 12.2 Å². The van der Waals surface area contributed by atoms with Crippen LogP contribution in [-0.4, -0.2) is 20.9 Å². The van der Waals surface area contributed by atoms with Crippen molar-refractivity contribution < 1.29 is 4.92 Å². The summed E-state index contributed by atoms with van der Waals surface area (Å²) in [5.41, 5.74) is 1.52. The molecule has 1 aromatic heterocycles. The molecule has 1 aromatic carbocycles. The second kappa shape index (κ2) is 5.01. The third-order valence-corrected chi connectivity index (χ3v) is 2.62. The molecule has 0 fully saturated rings. The van der Waals surface area contributed by atoms with E-state index < -0.39 is 4.92 Å². The van der Waals surface area contributed by atoms with Gasteiger partial charge < -0.3 is 0 Å². The number of fused-ring (bicyclic) bond motifs is 1. The summed E-state index contributed by atoms with van der Waals surface area (Å²) in [7, 11) is 0. The molecule has 0 atom stereocenters. The van der Waals surface area contributed by atoms with Crippen molar-refractivity contribution in [3.05, 3.63) is 40.1 Å². The van der Waals surface area contributed by atoms with Crippen molar-refractivity contribution >= 4 is 35.3 Å². The first-order valence-electron chi connectivity index (χ1n) is 5.12. The number of H-pyrrole nitrogens is 1. The number of nitrogens with zero attached hydrogens (tertiary/aromatic N) is 2. The van der Waals surface area contributed by atoms with Crippen LogP contribution in [0.3, 0.4) is 0 Å². The fraction of sp³-hybridized carbons (Fsp3) is 0.182. The Morgan fingerprint density at radius 1 is 1.53 bits per heavy atom. The molecule has 5 nitrogen and oxygen atoms in total. The zero-order valence-corrected chi connectivity index (χ0v) is 9.85. The van der Waals surface area contributed by atoms with Crippen LogP contribution in [0.4, 0.5) is 5.69 Å². The standard InChI is InChI=1S/C11H11N3O2S/c15-14(16)8-4-5-9-10(3-1-2-6-17)12-13-11(9)7-8/h1,3-5,7,17H,2,6H2,(H,12,13). The molecule has 17 heavy (non-hydrogen) atoms. The molecule has 0 aliphatic heterocycles. The van der Waals surface area contributed by atoms with E-state index in [9.17, 15) is 10.1 Å². The average Bonchev–Trinajstić information content (AvgIpc) is 2.72. The van der Waals surface area contributed by atoms with Gasteiger partial charge in [-0.05, 0) is 24.3 Å². The van der Waals surface area contributed by atoms with E-state index in [1.165, 1.54) is 12.1 Å². The lowest BCUT2D eigenvalue weighted by molar-refractivity contribution is -0.384. The fourth-order valence-corrected chi connectivity index (χ4v) is 1.69. The van der Waals surface area contributed by atoms with Crippen molar-refractivity contribution in [2.24, 2.45) is 0 Å². The molecule has 0 aliphatic carbocycles. The van der Waals surface area contributed by atoms with Gasteiger partial charge >= 0.3 is 0 Å². The summed E-state index contributed by atoms with van der Waals surface area (Å²) in [5.74, 6) is 0.782. The summed E-state index contributed by atoms with van der Waals surface area (Å²) in [6.45, 7) is 0. The number of allylic oxidation sites excluding steroid dienone is 1. The van der Waals surface area contributed by atoms with Crippen molar-refractivity contribution in [1.82, 2.24) is 10.2 Å². The predicted molar refractivity (Wildman–Crippen MR) is 70.3 cm³/mol. The van der Waals surface area contributed by atoms with Crippen molar-refractivity contribution in [2.45, 2.75) is 6.42 Å². The third-order valence-electron chi connectivity index (χ3n) is 2.36. The summed E-state index contributed by atoms with van der Waals surface area (Å²) in [6, 6.07) is 4.67. The zero-order valence-electron chi connectivity index (χ0n) is 8.96. The maximum absolute atomic E-state index is 10.6. The molecular weight excluding hydrogens is 238 g/mol. The lowest BCUT2D eigenvalue weighted by Gasteiger charge is -1.92. The SMILES string of the molecule is O=[N+]([O-])c1ccc2c(C=CCCS)n[nH]c2c1. The molecule has 0 saturated carbocycles. The molecule has 88 valence electrons. The lowest BCUT2D eigenvalue weighted by Crippen LogP contribution is -1.86. The minimum Gasteiger partial charge on any atom is -0.277 e. The monoisotopic (exact) mass is 249 g/mol. The first-order valence-corrected chi connectivity index (χ1v) is 5.75. The Kier molecular flexibility index (Phi) is 3.43. The minimum absolute atomic E-state index is 0.0621. The molecule has 0 radical (unpaired) electrons. The topological polar surface area (TPSA) is 71.8 Å². The van der Waals surface area contributed by atoms with Crippen LogP contribution < -0.4 is 0 Å². The molecule has 1 heterocycles. The Labute approximate surface area is 103 Å². The average molecular weight is 249 g/mol. The zero-order chi connectivity index (χ0) is 12.3. The molecule has 2 aromatic rings. The molecule has 0 aliphatic rings. The first-order chi connectivity index (χ1) is 8.22. The second-order valence-electron chi connectivity index (χ2n) is 3.51.